The first-order chi connectivity index (χ1) is 40.6. The predicted molar refractivity (Wildman–Crippen MR) is 355 cm³/mol. The number of hydrogen-bond acceptors (Lipinski definition) is 7. The Labute approximate surface area is 517 Å². The third kappa shape index (κ3) is 67.7. The zero-order chi connectivity index (χ0) is 60.5. The van der Waals surface area contributed by atoms with Crippen LogP contribution in [-0.4, -0.2) is 87.4 Å². The maximum absolute atomic E-state index is 13.0. The minimum Gasteiger partial charge on any atom is -0.477 e. The summed E-state index contributed by atoms with van der Waals surface area (Å²) in [7, 11) is 6.00. The molecule has 2 atom stereocenters. The molecule has 0 aromatic heterocycles. The topological polar surface area (TPSA) is 108 Å². The van der Waals surface area contributed by atoms with Crippen molar-refractivity contribution in [1.82, 2.24) is 0 Å². The number of carbonyl (C=O) groups is 3. The number of carbonyl (C=O) groups excluding carboxylic acids is 2. The van der Waals surface area contributed by atoms with Gasteiger partial charge in [0.15, 0.2) is 6.10 Å². The van der Waals surface area contributed by atoms with Crippen LogP contribution in [0.5, 0.6) is 0 Å². The maximum atomic E-state index is 13.0. The van der Waals surface area contributed by atoms with Gasteiger partial charge in [0, 0.05) is 12.8 Å². The highest BCUT2D eigenvalue weighted by Crippen LogP contribution is 2.20. The number of carboxylic acids is 1. The summed E-state index contributed by atoms with van der Waals surface area (Å²) in [5.41, 5.74) is 0. The largest absolute Gasteiger partial charge is 0.477 e. The van der Waals surface area contributed by atoms with Crippen LogP contribution in [0.3, 0.4) is 0 Å². The molecule has 0 bridgehead atoms. The summed E-state index contributed by atoms with van der Waals surface area (Å²) >= 11 is 0. The minimum atomic E-state index is -1.50. The highest BCUT2D eigenvalue weighted by Gasteiger charge is 2.25. The van der Waals surface area contributed by atoms with Crippen LogP contribution >= 0.6 is 0 Å². The summed E-state index contributed by atoms with van der Waals surface area (Å²) in [4.78, 5) is 37.6. The molecule has 2 unspecified atom stereocenters. The molecular formula is C74H146NO8+. The molecule has 0 rings (SSSR count). The summed E-state index contributed by atoms with van der Waals surface area (Å²) in [6.07, 6.45) is 76.7. The zero-order valence-electron chi connectivity index (χ0n) is 56.7. The van der Waals surface area contributed by atoms with Crippen LogP contribution in [0, 0.1) is 0 Å². The van der Waals surface area contributed by atoms with Crippen LogP contribution in [0.1, 0.15) is 399 Å². The van der Waals surface area contributed by atoms with Gasteiger partial charge in [0.05, 0.1) is 34.4 Å². The number of hydrogen-bond donors (Lipinski definition) is 1. The van der Waals surface area contributed by atoms with E-state index in [-0.39, 0.29) is 38.2 Å². The standard InChI is InChI=1S/C74H145NO8/c1-6-8-10-12-14-16-18-20-22-24-26-28-30-31-32-33-34-35-36-37-38-39-40-41-43-45-47-49-51-53-55-57-59-61-63-65-72(77)83-70(69-82-74(73(78)79)80-67-66-75(3,4)5)68-81-71(76)64-62-60-58-56-54-52-50-48-46-44-42-29-27-25-23-21-19-17-15-13-11-9-7-2/h70,74H,6-69H2,1-5H3/p+1. The summed E-state index contributed by atoms with van der Waals surface area (Å²) in [6, 6.07) is 0. The van der Waals surface area contributed by atoms with Gasteiger partial charge in [0.2, 0.25) is 0 Å². The Bertz CT molecular complexity index is 1320. The van der Waals surface area contributed by atoms with Crippen LogP contribution in [0.15, 0.2) is 0 Å². The molecule has 0 aliphatic heterocycles. The van der Waals surface area contributed by atoms with Crippen LogP contribution in [0.4, 0.5) is 0 Å². The first-order valence-electron chi connectivity index (χ1n) is 37.2. The van der Waals surface area contributed by atoms with Gasteiger partial charge in [-0.1, -0.05) is 373 Å². The third-order valence-electron chi connectivity index (χ3n) is 17.4. The molecule has 9 heteroatoms. The monoisotopic (exact) mass is 1180 g/mol. The van der Waals surface area contributed by atoms with E-state index in [2.05, 4.69) is 13.8 Å². The van der Waals surface area contributed by atoms with Crippen LogP contribution < -0.4 is 0 Å². The molecule has 0 amide bonds. The second kappa shape index (κ2) is 66.2. The number of ether oxygens (including phenoxy) is 4. The molecule has 83 heavy (non-hydrogen) atoms. The van der Waals surface area contributed by atoms with Gasteiger partial charge >= 0.3 is 17.9 Å². The first-order valence-corrected chi connectivity index (χ1v) is 37.2. The van der Waals surface area contributed by atoms with E-state index in [9.17, 15) is 19.5 Å². The molecule has 0 saturated heterocycles. The molecule has 0 fully saturated rings. The van der Waals surface area contributed by atoms with E-state index in [0.717, 1.165) is 38.5 Å². The molecule has 494 valence electrons. The van der Waals surface area contributed by atoms with Crippen molar-refractivity contribution in [1.29, 1.82) is 0 Å². The van der Waals surface area contributed by atoms with Gasteiger partial charge < -0.3 is 28.5 Å². The van der Waals surface area contributed by atoms with Crippen molar-refractivity contribution in [2.75, 3.05) is 47.5 Å². The molecule has 0 aliphatic rings. The van der Waals surface area contributed by atoms with E-state index in [0.29, 0.717) is 17.4 Å². The minimum absolute atomic E-state index is 0.172. The van der Waals surface area contributed by atoms with E-state index in [1.54, 1.807) is 0 Å². The van der Waals surface area contributed by atoms with Crippen LogP contribution in [-0.2, 0) is 33.3 Å². The van der Waals surface area contributed by atoms with Crippen molar-refractivity contribution >= 4 is 17.9 Å². The van der Waals surface area contributed by atoms with Gasteiger partial charge in [-0.2, -0.15) is 0 Å². The Morgan fingerprint density at radius 2 is 0.542 bits per heavy atom. The Balaban J connectivity index is 3.97. The van der Waals surface area contributed by atoms with Gasteiger partial charge in [0.25, 0.3) is 6.29 Å². The lowest BCUT2D eigenvalue weighted by Gasteiger charge is -2.25. The normalized spacial score (nSPS) is 12.5. The van der Waals surface area contributed by atoms with Gasteiger partial charge in [-0.15, -0.1) is 0 Å². The highest BCUT2D eigenvalue weighted by atomic mass is 16.7. The summed E-state index contributed by atoms with van der Waals surface area (Å²) in [5.74, 6) is -1.96. The van der Waals surface area contributed by atoms with Crippen molar-refractivity contribution < 1.29 is 42.9 Å². The van der Waals surface area contributed by atoms with E-state index < -0.39 is 18.4 Å². The van der Waals surface area contributed by atoms with Crippen molar-refractivity contribution in [3.05, 3.63) is 0 Å². The fraction of sp³-hybridized carbons (Fsp3) is 0.959. The zero-order valence-corrected chi connectivity index (χ0v) is 56.7. The number of unbranched alkanes of at least 4 members (excludes halogenated alkanes) is 56. The Kier molecular flexibility index (Phi) is 64.9. The average Bonchev–Trinajstić information content (AvgIpc) is 3.46. The number of esters is 2. The summed E-state index contributed by atoms with van der Waals surface area (Å²) < 4.78 is 23.0. The molecule has 0 aliphatic carbocycles. The third-order valence-corrected chi connectivity index (χ3v) is 17.4. The number of carboxylic acid groups (broad SMARTS) is 1. The number of rotatable bonds is 71. The van der Waals surface area contributed by atoms with Crippen LogP contribution in [0.25, 0.3) is 0 Å². The lowest BCUT2D eigenvalue weighted by atomic mass is 10.0. The smallest absolute Gasteiger partial charge is 0.361 e. The van der Waals surface area contributed by atoms with Crippen LogP contribution in [0.2, 0.25) is 0 Å². The Morgan fingerprint density at radius 3 is 0.771 bits per heavy atom. The molecule has 0 radical (unpaired) electrons. The second-order valence-corrected chi connectivity index (χ2v) is 27.0. The Hall–Kier alpha value is -1.71. The van der Waals surface area contributed by atoms with Gasteiger partial charge in [-0.05, 0) is 12.8 Å². The van der Waals surface area contributed by atoms with Crippen molar-refractivity contribution in [3.63, 3.8) is 0 Å². The Morgan fingerprint density at radius 1 is 0.313 bits per heavy atom. The molecule has 0 heterocycles. The maximum Gasteiger partial charge on any atom is 0.361 e. The fourth-order valence-corrected chi connectivity index (χ4v) is 11.7. The molecule has 1 N–H and O–H groups in total. The number of quaternary nitrogens is 1. The average molecular weight is 1180 g/mol. The van der Waals surface area contributed by atoms with Crippen molar-refractivity contribution in [2.24, 2.45) is 0 Å². The molecule has 0 saturated carbocycles. The van der Waals surface area contributed by atoms with Crippen molar-refractivity contribution in [2.45, 2.75) is 411 Å². The van der Waals surface area contributed by atoms with E-state index in [1.165, 1.54) is 334 Å². The number of aliphatic carboxylic acids is 1. The first kappa shape index (κ1) is 81.3. The molecule has 0 aromatic rings. The number of nitrogens with zero attached hydrogens (tertiary/aromatic N) is 1. The second-order valence-electron chi connectivity index (χ2n) is 27.0. The predicted octanol–water partition coefficient (Wildman–Crippen LogP) is 23.0. The van der Waals surface area contributed by atoms with Gasteiger partial charge in [-0.25, -0.2) is 4.79 Å². The number of likely N-dealkylation sites (N-methyl/N-ethyl adjacent to an activating group) is 1. The molecular weight excluding hydrogens is 1030 g/mol. The van der Waals surface area contributed by atoms with Gasteiger partial charge in [-0.3, -0.25) is 9.59 Å². The fourth-order valence-electron chi connectivity index (χ4n) is 11.7. The lowest BCUT2D eigenvalue weighted by Crippen LogP contribution is -2.40. The van der Waals surface area contributed by atoms with Crippen molar-refractivity contribution in [3.8, 4) is 0 Å². The molecule has 9 nitrogen and oxygen atoms in total. The SMILES string of the molecule is CCCCCCCCCCCCCCCCCCCCCCCCCCCCCCCCCCCCCC(=O)OC(COC(=O)CCCCCCCCCCCCCCCCCCCCCCCCC)COC(OCC[N+](C)(C)C)C(=O)O. The van der Waals surface area contributed by atoms with Gasteiger partial charge in [0.1, 0.15) is 13.2 Å². The van der Waals surface area contributed by atoms with E-state index in [4.69, 9.17) is 18.9 Å². The van der Waals surface area contributed by atoms with E-state index in [1.807, 2.05) is 21.1 Å². The lowest BCUT2D eigenvalue weighted by molar-refractivity contribution is -0.870. The molecule has 0 aromatic carbocycles. The molecule has 0 spiro atoms. The highest BCUT2D eigenvalue weighted by molar-refractivity contribution is 5.71. The summed E-state index contributed by atoms with van der Waals surface area (Å²) in [6.45, 7) is 4.98. The summed E-state index contributed by atoms with van der Waals surface area (Å²) in [5, 5.41) is 9.75. The van der Waals surface area contributed by atoms with E-state index >= 15 is 0 Å². The quantitative estimate of drug-likeness (QED) is 0.0278.